The van der Waals surface area contributed by atoms with Crippen LogP contribution in [0.1, 0.15) is 59.0 Å². The summed E-state index contributed by atoms with van der Waals surface area (Å²) in [4.78, 5) is 16.9. The van der Waals surface area contributed by atoms with E-state index in [4.69, 9.17) is 4.74 Å². The number of rotatable bonds is 3. The van der Waals surface area contributed by atoms with E-state index in [1.807, 2.05) is 45.3 Å². The number of fused-ring (bicyclic) bond motifs is 1. The van der Waals surface area contributed by atoms with Gasteiger partial charge >= 0.3 is 6.09 Å². The molecule has 130 valence electrons. The van der Waals surface area contributed by atoms with Crippen molar-refractivity contribution in [1.29, 1.82) is 0 Å². The number of amides is 1. The van der Waals surface area contributed by atoms with Crippen LogP contribution in [0.3, 0.4) is 0 Å². The second-order valence-electron chi connectivity index (χ2n) is 7.63. The number of imidazole rings is 1. The Hall–Kier alpha value is -2.04. The highest BCUT2D eigenvalue weighted by Crippen LogP contribution is 2.33. The fourth-order valence-corrected chi connectivity index (χ4v) is 3.49. The first-order chi connectivity index (χ1) is 11.4. The number of alkyl carbamates (subject to hydrolysis) is 1. The van der Waals surface area contributed by atoms with E-state index in [0.717, 1.165) is 23.9 Å². The summed E-state index contributed by atoms with van der Waals surface area (Å²) in [6.45, 7) is 5.65. The van der Waals surface area contributed by atoms with Crippen molar-refractivity contribution in [3.05, 3.63) is 30.6 Å². The van der Waals surface area contributed by atoms with Gasteiger partial charge in [0.1, 0.15) is 11.8 Å². The predicted octanol–water partition coefficient (Wildman–Crippen LogP) is 4.64. The molecule has 5 heteroatoms. The van der Waals surface area contributed by atoms with Crippen LogP contribution in [-0.4, -0.2) is 21.2 Å². The van der Waals surface area contributed by atoms with E-state index in [-0.39, 0.29) is 12.3 Å². The highest BCUT2D eigenvalue weighted by molar-refractivity contribution is 5.75. The Morgan fingerprint density at radius 2 is 1.96 bits per heavy atom. The summed E-state index contributed by atoms with van der Waals surface area (Å²) in [6, 6.07) is 8.04. The van der Waals surface area contributed by atoms with E-state index >= 15 is 0 Å². The quantitative estimate of drug-likeness (QED) is 0.892. The van der Waals surface area contributed by atoms with Crippen LogP contribution in [0.5, 0.6) is 0 Å². The summed E-state index contributed by atoms with van der Waals surface area (Å²) in [5.74, 6) is 0.406. The number of aromatic nitrogens is 2. The molecule has 1 amide bonds. The van der Waals surface area contributed by atoms with Gasteiger partial charge in [0.25, 0.3) is 0 Å². The highest BCUT2D eigenvalue weighted by atomic mass is 16.6. The molecule has 1 aliphatic rings. The number of para-hydroxylation sites is 2. The maximum absolute atomic E-state index is 12.4. The van der Waals surface area contributed by atoms with E-state index in [9.17, 15) is 4.79 Å². The summed E-state index contributed by atoms with van der Waals surface area (Å²) in [6.07, 6.45) is 7.29. The maximum atomic E-state index is 12.4. The molecule has 1 atom stereocenters. The smallest absolute Gasteiger partial charge is 0.409 e. The first-order valence-corrected chi connectivity index (χ1v) is 8.85. The average Bonchev–Trinajstić information content (AvgIpc) is 2.96. The van der Waals surface area contributed by atoms with Crippen LogP contribution in [0.4, 0.5) is 4.79 Å². The first-order valence-electron chi connectivity index (χ1n) is 8.85. The number of hydrogen-bond donors (Lipinski definition) is 1. The Morgan fingerprint density at radius 3 is 2.67 bits per heavy atom. The lowest BCUT2D eigenvalue weighted by molar-refractivity contribution is 0.0439. The molecule has 1 aromatic heterocycles. The molecular weight excluding hydrogens is 302 g/mol. The third-order valence-electron chi connectivity index (χ3n) is 4.54. The minimum atomic E-state index is -0.502. The molecule has 0 spiro atoms. The van der Waals surface area contributed by atoms with Crippen molar-refractivity contribution in [2.24, 2.45) is 5.92 Å². The lowest BCUT2D eigenvalue weighted by Gasteiger charge is -2.32. The van der Waals surface area contributed by atoms with Crippen LogP contribution in [0.25, 0.3) is 11.0 Å². The molecule has 0 radical (unpaired) electrons. The fourth-order valence-electron chi connectivity index (χ4n) is 3.49. The van der Waals surface area contributed by atoms with Crippen LogP contribution in [-0.2, 0) is 4.74 Å². The minimum absolute atomic E-state index is 0.118. The maximum Gasteiger partial charge on any atom is 0.409 e. The second kappa shape index (κ2) is 6.83. The zero-order chi connectivity index (χ0) is 17.2. The first kappa shape index (κ1) is 16.8. The number of hydrogen-bond acceptors (Lipinski definition) is 3. The number of nitrogens with zero attached hydrogens (tertiary/aromatic N) is 2. The van der Waals surface area contributed by atoms with Crippen LogP contribution < -0.4 is 5.32 Å². The molecule has 2 aromatic rings. The molecule has 3 rings (SSSR count). The predicted molar refractivity (Wildman–Crippen MR) is 94.7 cm³/mol. The van der Waals surface area contributed by atoms with Crippen molar-refractivity contribution in [2.75, 3.05) is 0 Å². The Morgan fingerprint density at radius 1 is 1.25 bits per heavy atom. The van der Waals surface area contributed by atoms with Crippen molar-refractivity contribution in [3.63, 3.8) is 0 Å². The van der Waals surface area contributed by atoms with Crippen LogP contribution in [0.2, 0.25) is 0 Å². The molecule has 1 N–H and O–H groups in total. The van der Waals surface area contributed by atoms with Crippen LogP contribution >= 0.6 is 0 Å². The molecule has 24 heavy (non-hydrogen) atoms. The van der Waals surface area contributed by atoms with Gasteiger partial charge in [0.05, 0.1) is 17.4 Å². The van der Waals surface area contributed by atoms with Crippen LogP contribution in [0, 0.1) is 5.92 Å². The molecule has 1 unspecified atom stereocenters. The number of nitrogens with one attached hydrogen (secondary N) is 1. The minimum Gasteiger partial charge on any atom is -0.444 e. The molecule has 1 aromatic carbocycles. The zero-order valence-electron chi connectivity index (χ0n) is 14.8. The molecule has 0 bridgehead atoms. The molecule has 0 aliphatic heterocycles. The molecular formula is C19H27N3O2. The summed E-state index contributed by atoms with van der Waals surface area (Å²) >= 11 is 0. The van der Waals surface area contributed by atoms with E-state index in [0.29, 0.717) is 5.92 Å². The lowest BCUT2D eigenvalue weighted by atomic mass is 9.87. The molecule has 0 saturated heterocycles. The molecule has 1 saturated carbocycles. The van der Waals surface area contributed by atoms with Gasteiger partial charge in [-0.3, -0.25) is 0 Å². The Balaban J connectivity index is 1.88. The van der Waals surface area contributed by atoms with Crippen molar-refractivity contribution in [3.8, 4) is 0 Å². The highest BCUT2D eigenvalue weighted by Gasteiger charge is 2.29. The molecule has 1 heterocycles. The van der Waals surface area contributed by atoms with Gasteiger partial charge in [-0.25, -0.2) is 9.78 Å². The summed E-state index contributed by atoms with van der Waals surface area (Å²) in [5.41, 5.74) is 1.49. The summed E-state index contributed by atoms with van der Waals surface area (Å²) in [5, 5.41) is 3.10. The van der Waals surface area contributed by atoms with Gasteiger partial charge in [-0.1, -0.05) is 31.4 Å². The third kappa shape index (κ3) is 3.89. The largest absolute Gasteiger partial charge is 0.444 e. The van der Waals surface area contributed by atoms with Gasteiger partial charge in [-0.15, -0.1) is 0 Å². The average molecular weight is 329 g/mol. The van der Waals surface area contributed by atoms with E-state index in [2.05, 4.69) is 20.9 Å². The summed E-state index contributed by atoms with van der Waals surface area (Å²) < 4.78 is 7.58. The van der Waals surface area contributed by atoms with E-state index in [1.165, 1.54) is 19.3 Å². The van der Waals surface area contributed by atoms with Crippen molar-refractivity contribution < 1.29 is 9.53 Å². The normalized spacial score (nSPS) is 17.6. The van der Waals surface area contributed by atoms with Gasteiger partial charge in [0.2, 0.25) is 0 Å². The molecule has 1 fully saturated rings. The lowest BCUT2D eigenvalue weighted by Crippen LogP contribution is -2.40. The number of carbonyl (C=O) groups excluding carboxylic acids is 1. The fraction of sp³-hybridized carbons (Fsp3) is 0.579. The number of ether oxygens (including phenoxy) is 1. The number of benzene rings is 1. The summed E-state index contributed by atoms with van der Waals surface area (Å²) in [7, 11) is 0. The van der Waals surface area contributed by atoms with Crippen molar-refractivity contribution in [1.82, 2.24) is 14.9 Å². The van der Waals surface area contributed by atoms with Gasteiger partial charge in [-0.2, -0.15) is 0 Å². The zero-order valence-corrected chi connectivity index (χ0v) is 14.8. The Bertz CT molecular complexity index is 696. The molecule has 5 nitrogen and oxygen atoms in total. The second-order valence-corrected chi connectivity index (χ2v) is 7.63. The van der Waals surface area contributed by atoms with Gasteiger partial charge in [0.15, 0.2) is 0 Å². The van der Waals surface area contributed by atoms with Gasteiger partial charge in [-0.05, 0) is 51.7 Å². The van der Waals surface area contributed by atoms with E-state index < -0.39 is 5.60 Å². The Labute approximate surface area is 143 Å². The SMILES string of the molecule is CC(C)(C)OC(=O)NC(C1CCCCC1)n1cnc2ccccc21. The van der Waals surface area contributed by atoms with Crippen molar-refractivity contribution in [2.45, 2.75) is 64.6 Å². The standard InChI is InChI=1S/C19H27N3O2/c1-19(2,3)24-18(23)21-17(14-9-5-4-6-10-14)22-13-20-15-11-7-8-12-16(15)22/h7-8,11-14,17H,4-6,9-10H2,1-3H3,(H,21,23). The topological polar surface area (TPSA) is 56.1 Å². The van der Waals surface area contributed by atoms with Gasteiger partial charge in [0, 0.05) is 0 Å². The third-order valence-corrected chi connectivity index (χ3v) is 4.54. The monoisotopic (exact) mass is 329 g/mol. The number of carbonyl (C=O) groups is 1. The van der Waals surface area contributed by atoms with E-state index in [1.54, 1.807) is 0 Å². The molecule has 1 aliphatic carbocycles. The Kier molecular flexibility index (Phi) is 4.78. The van der Waals surface area contributed by atoms with Gasteiger partial charge < -0.3 is 14.6 Å². The van der Waals surface area contributed by atoms with Crippen molar-refractivity contribution >= 4 is 17.1 Å². The van der Waals surface area contributed by atoms with Crippen LogP contribution in [0.15, 0.2) is 30.6 Å².